The maximum absolute atomic E-state index is 12.9. The zero-order valence-electron chi connectivity index (χ0n) is 20.9. The molecule has 2 heterocycles. The summed E-state index contributed by atoms with van der Waals surface area (Å²) < 4.78 is 12.1. The third kappa shape index (κ3) is 6.32. The van der Waals surface area contributed by atoms with Gasteiger partial charge in [0.25, 0.3) is 5.91 Å². The van der Waals surface area contributed by atoms with Crippen LogP contribution in [0.2, 0.25) is 5.02 Å². The van der Waals surface area contributed by atoms with Gasteiger partial charge in [-0.1, -0.05) is 11.6 Å². The number of amides is 1. The minimum Gasteiger partial charge on any atom is -0.508 e. The van der Waals surface area contributed by atoms with E-state index in [2.05, 4.69) is 10.2 Å². The minimum absolute atomic E-state index is 0.000774. The van der Waals surface area contributed by atoms with Gasteiger partial charge in [0.05, 0.1) is 11.7 Å². The number of nitrogens with one attached hydrogen (secondary N) is 1. The molecule has 37 heavy (non-hydrogen) atoms. The molecule has 1 atom stereocenters. The number of rotatable bonds is 7. The molecular weight excluding hydrogens is 496 g/mol. The summed E-state index contributed by atoms with van der Waals surface area (Å²) in [6, 6.07) is 10.2. The average molecular weight is 531 g/mol. The second-order valence-corrected chi connectivity index (χ2v) is 11.1. The van der Waals surface area contributed by atoms with Crippen LogP contribution in [-0.4, -0.2) is 76.2 Å². The van der Waals surface area contributed by atoms with Crippen LogP contribution < -0.4 is 14.8 Å². The maximum Gasteiger partial charge on any atom is 0.255 e. The Kier molecular flexibility index (Phi) is 7.81. The van der Waals surface area contributed by atoms with E-state index in [-0.39, 0.29) is 41.8 Å². The molecule has 0 radical (unpaired) electrons. The molecule has 1 spiro atoms. The van der Waals surface area contributed by atoms with E-state index in [0.717, 1.165) is 61.5 Å². The van der Waals surface area contributed by atoms with Crippen molar-refractivity contribution in [2.75, 3.05) is 26.2 Å². The molecule has 9 heteroatoms. The lowest BCUT2D eigenvalue weighted by molar-refractivity contribution is -0.00201. The number of phenolic OH excluding ortho intramolecular Hbond substituents is 1. The lowest BCUT2D eigenvalue weighted by atomic mass is 9.87. The number of aromatic hydroxyl groups is 1. The number of fused-ring (bicyclic) bond motifs is 1. The number of carbonyl (C=O) groups excluding carboxylic acids is 1. The number of hydrogen-bond acceptors (Lipinski definition) is 7. The number of piperidine rings is 1. The highest BCUT2D eigenvalue weighted by molar-refractivity contribution is 6.30. The average Bonchev–Trinajstić information content (AvgIpc) is 3.22. The number of aliphatic hydroxyl groups is 2. The van der Waals surface area contributed by atoms with Crippen LogP contribution in [0.25, 0.3) is 0 Å². The first-order chi connectivity index (χ1) is 17.8. The van der Waals surface area contributed by atoms with Gasteiger partial charge in [-0.05, 0) is 61.6 Å². The van der Waals surface area contributed by atoms with E-state index in [0.29, 0.717) is 24.9 Å². The molecule has 3 aliphatic rings. The standard InChI is InChI=1S/C28H35ClN2O6/c29-19-1-8-25-18(13-19)15-28(37-25)9-11-31(12-10-28)16-23(34)17-36-26-14-22(33)6-7-24(26)27(35)30-20-2-4-21(32)5-3-20/h1,6-8,13-14,20-21,23,32-34H,2-5,9-12,15-17H2,(H,30,35)/t20?,21?,23-/m1/s1. The first-order valence-electron chi connectivity index (χ1n) is 13.1. The topological polar surface area (TPSA) is 111 Å². The molecule has 4 N–H and O–H groups in total. The van der Waals surface area contributed by atoms with Crippen molar-refractivity contribution in [2.24, 2.45) is 0 Å². The van der Waals surface area contributed by atoms with Crippen LogP contribution in [0.3, 0.4) is 0 Å². The lowest BCUT2D eigenvalue weighted by Gasteiger charge is -2.39. The van der Waals surface area contributed by atoms with Gasteiger partial charge < -0.3 is 35.0 Å². The predicted octanol–water partition coefficient (Wildman–Crippen LogP) is 3.29. The Bertz CT molecular complexity index is 1110. The van der Waals surface area contributed by atoms with Gasteiger partial charge in [0.1, 0.15) is 35.6 Å². The van der Waals surface area contributed by atoms with Crippen molar-refractivity contribution in [3.8, 4) is 17.2 Å². The second-order valence-electron chi connectivity index (χ2n) is 10.6. The van der Waals surface area contributed by atoms with Gasteiger partial charge in [-0.2, -0.15) is 0 Å². The molecule has 0 aromatic heterocycles. The van der Waals surface area contributed by atoms with E-state index in [1.54, 1.807) is 0 Å². The van der Waals surface area contributed by atoms with Gasteiger partial charge in [-0.3, -0.25) is 4.79 Å². The van der Waals surface area contributed by atoms with Crippen LogP contribution in [0.1, 0.15) is 54.4 Å². The van der Waals surface area contributed by atoms with Crippen molar-refractivity contribution in [3.05, 3.63) is 52.5 Å². The fraction of sp³-hybridized carbons (Fsp3) is 0.536. The fourth-order valence-electron chi connectivity index (χ4n) is 5.66. The highest BCUT2D eigenvalue weighted by Gasteiger charge is 2.42. The van der Waals surface area contributed by atoms with E-state index in [1.807, 2.05) is 18.2 Å². The molecule has 0 bridgehead atoms. The number of ether oxygens (including phenoxy) is 2. The number of β-amino-alcohol motifs (C(OH)–C–C–N with tert-alkyl or cyclic N) is 1. The first-order valence-corrected chi connectivity index (χ1v) is 13.5. The van der Waals surface area contributed by atoms with Crippen LogP contribution in [0, 0.1) is 0 Å². The number of benzene rings is 2. The highest BCUT2D eigenvalue weighted by atomic mass is 35.5. The summed E-state index contributed by atoms with van der Waals surface area (Å²) in [5, 5.41) is 34.0. The quantitative estimate of drug-likeness (QED) is 0.434. The summed E-state index contributed by atoms with van der Waals surface area (Å²) in [7, 11) is 0. The summed E-state index contributed by atoms with van der Waals surface area (Å²) in [6.07, 6.45) is 4.31. The molecule has 1 amide bonds. The molecule has 8 nitrogen and oxygen atoms in total. The third-order valence-electron chi connectivity index (χ3n) is 7.77. The molecule has 1 saturated carbocycles. The van der Waals surface area contributed by atoms with E-state index in [4.69, 9.17) is 21.1 Å². The van der Waals surface area contributed by atoms with E-state index in [1.165, 1.54) is 18.2 Å². The van der Waals surface area contributed by atoms with Gasteiger partial charge in [0, 0.05) is 56.0 Å². The number of nitrogens with zero attached hydrogens (tertiary/aromatic N) is 1. The lowest BCUT2D eigenvalue weighted by Crippen LogP contribution is -2.49. The molecular formula is C28H35ClN2O6. The Labute approximate surface area is 222 Å². The van der Waals surface area contributed by atoms with E-state index >= 15 is 0 Å². The summed E-state index contributed by atoms with van der Waals surface area (Å²) in [5.74, 6) is 0.854. The van der Waals surface area contributed by atoms with Crippen LogP contribution >= 0.6 is 11.6 Å². The third-order valence-corrected chi connectivity index (χ3v) is 8.01. The van der Waals surface area contributed by atoms with E-state index < -0.39 is 6.10 Å². The summed E-state index contributed by atoms with van der Waals surface area (Å²) in [6.45, 7) is 2.05. The van der Waals surface area contributed by atoms with Crippen molar-refractivity contribution in [2.45, 2.75) is 68.8 Å². The molecule has 2 aliphatic heterocycles. The van der Waals surface area contributed by atoms with Crippen LogP contribution in [0.15, 0.2) is 36.4 Å². The van der Waals surface area contributed by atoms with E-state index in [9.17, 15) is 20.1 Å². The van der Waals surface area contributed by atoms with Crippen LogP contribution in [-0.2, 0) is 6.42 Å². The summed E-state index contributed by atoms with van der Waals surface area (Å²) in [4.78, 5) is 15.1. The molecule has 1 saturated heterocycles. The smallest absolute Gasteiger partial charge is 0.255 e. The maximum atomic E-state index is 12.9. The molecule has 2 aromatic rings. The number of carbonyl (C=O) groups is 1. The van der Waals surface area contributed by atoms with Crippen LogP contribution in [0.4, 0.5) is 0 Å². The number of hydrogen-bond donors (Lipinski definition) is 4. The van der Waals surface area contributed by atoms with Crippen molar-refractivity contribution in [1.82, 2.24) is 10.2 Å². The zero-order chi connectivity index (χ0) is 26.0. The Balaban J connectivity index is 1.11. The second kappa shape index (κ2) is 11.1. The Morgan fingerprint density at radius 1 is 1.16 bits per heavy atom. The fourth-order valence-corrected chi connectivity index (χ4v) is 5.86. The summed E-state index contributed by atoms with van der Waals surface area (Å²) >= 11 is 6.14. The molecule has 2 aromatic carbocycles. The van der Waals surface area contributed by atoms with Crippen molar-refractivity contribution >= 4 is 17.5 Å². The van der Waals surface area contributed by atoms with Gasteiger partial charge >= 0.3 is 0 Å². The van der Waals surface area contributed by atoms with Gasteiger partial charge in [0.2, 0.25) is 0 Å². The Morgan fingerprint density at radius 3 is 2.68 bits per heavy atom. The molecule has 5 rings (SSSR count). The van der Waals surface area contributed by atoms with Gasteiger partial charge in [-0.25, -0.2) is 0 Å². The summed E-state index contributed by atoms with van der Waals surface area (Å²) in [5.41, 5.74) is 1.26. The highest BCUT2D eigenvalue weighted by Crippen LogP contribution is 2.42. The number of phenols is 1. The minimum atomic E-state index is -0.757. The van der Waals surface area contributed by atoms with Gasteiger partial charge in [0.15, 0.2) is 0 Å². The molecule has 200 valence electrons. The number of aliphatic hydroxyl groups excluding tert-OH is 2. The molecule has 1 aliphatic carbocycles. The predicted molar refractivity (Wildman–Crippen MR) is 140 cm³/mol. The van der Waals surface area contributed by atoms with Crippen molar-refractivity contribution in [1.29, 1.82) is 0 Å². The molecule has 0 unspecified atom stereocenters. The normalized spacial score (nSPS) is 23.8. The Morgan fingerprint density at radius 2 is 1.92 bits per heavy atom. The first kappa shape index (κ1) is 26.1. The SMILES string of the molecule is O=C(NC1CCC(O)CC1)c1ccc(O)cc1OC[C@H](O)CN1CCC2(CC1)Cc1cc(Cl)ccc1O2. The van der Waals surface area contributed by atoms with Gasteiger partial charge in [-0.15, -0.1) is 0 Å². The van der Waals surface area contributed by atoms with Crippen LogP contribution in [0.5, 0.6) is 17.2 Å². The Hall–Kier alpha value is -2.52. The zero-order valence-corrected chi connectivity index (χ0v) is 21.6. The number of likely N-dealkylation sites (tertiary alicyclic amines) is 1. The largest absolute Gasteiger partial charge is 0.508 e. The van der Waals surface area contributed by atoms with Crippen molar-refractivity contribution < 1.29 is 29.6 Å². The monoisotopic (exact) mass is 530 g/mol. The molecule has 2 fully saturated rings. The van der Waals surface area contributed by atoms with Crippen molar-refractivity contribution in [3.63, 3.8) is 0 Å². The number of halogens is 1.